The molecule has 1 aliphatic heterocycles. The minimum atomic E-state index is -2.03. The normalized spacial score (nSPS) is 28.7. The summed E-state index contributed by atoms with van der Waals surface area (Å²) in [5.41, 5.74) is -0.653. The number of carboxylic acid groups (broad SMARTS) is 1. The molecule has 0 aromatic heterocycles. The largest absolute Gasteiger partial charge is 0.517 e. The SMILES string of the molecule is CC(C)(C)OC(=O)[N+]1(C)C[C@H](O[Si](C)(C)C(C)(C)C)C[C@H]1C(=O)O. The summed E-state index contributed by atoms with van der Waals surface area (Å²) in [6.07, 6.45) is -0.418. The summed E-state index contributed by atoms with van der Waals surface area (Å²) in [6.45, 7) is 16.4. The van der Waals surface area contributed by atoms with Crippen molar-refractivity contribution >= 4 is 20.4 Å². The van der Waals surface area contributed by atoms with E-state index in [2.05, 4.69) is 33.9 Å². The molecular weight excluding hydrogens is 326 g/mol. The average molecular weight is 361 g/mol. The summed E-state index contributed by atoms with van der Waals surface area (Å²) in [5.74, 6) is -0.982. The third-order valence-corrected chi connectivity index (χ3v) is 9.66. The molecule has 1 unspecified atom stereocenters. The molecule has 0 aromatic carbocycles. The Kier molecular flexibility index (Phi) is 5.65. The van der Waals surface area contributed by atoms with Gasteiger partial charge < -0.3 is 14.3 Å². The minimum absolute atomic E-state index is 0.0314. The number of carbonyl (C=O) groups is 2. The van der Waals surface area contributed by atoms with Crippen LogP contribution in [-0.4, -0.2) is 61.3 Å². The van der Waals surface area contributed by atoms with E-state index in [9.17, 15) is 14.7 Å². The zero-order chi connectivity index (χ0) is 19.1. The first-order chi connectivity index (χ1) is 10.5. The summed E-state index contributed by atoms with van der Waals surface area (Å²) in [5, 5.41) is 9.64. The van der Waals surface area contributed by atoms with Crippen LogP contribution in [0.1, 0.15) is 48.0 Å². The quantitative estimate of drug-likeness (QED) is 0.615. The molecule has 24 heavy (non-hydrogen) atoms. The number of nitrogens with zero attached hydrogens (tertiary/aromatic N) is 1. The second-order valence-corrected chi connectivity index (χ2v) is 14.3. The lowest BCUT2D eigenvalue weighted by molar-refractivity contribution is -0.843. The molecule has 1 rings (SSSR count). The molecule has 0 spiro atoms. The molecule has 1 amide bonds. The molecular formula is C17H34NO5Si+. The van der Waals surface area contributed by atoms with Gasteiger partial charge in [0.25, 0.3) is 0 Å². The monoisotopic (exact) mass is 360 g/mol. The maximum absolute atomic E-state index is 12.6. The first-order valence-electron chi connectivity index (χ1n) is 8.49. The summed E-state index contributed by atoms with van der Waals surface area (Å²) < 4.78 is 11.6. The molecule has 3 atom stereocenters. The highest BCUT2D eigenvalue weighted by Gasteiger charge is 2.57. The second kappa shape index (κ2) is 6.42. The Balaban J connectivity index is 3.02. The Labute approximate surface area is 146 Å². The number of hydrogen-bond donors (Lipinski definition) is 1. The molecule has 6 nitrogen and oxygen atoms in total. The number of hydrogen-bond acceptors (Lipinski definition) is 4. The van der Waals surface area contributed by atoms with Crippen molar-refractivity contribution in [3.63, 3.8) is 0 Å². The van der Waals surface area contributed by atoms with E-state index in [4.69, 9.17) is 9.16 Å². The van der Waals surface area contributed by atoms with Gasteiger partial charge in [-0.05, 0) is 38.9 Å². The van der Waals surface area contributed by atoms with E-state index < -0.39 is 32.0 Å². The lowest BCUT2D eigenvalue weighted by Crippen LogP contribution is -2.57. The van der Waals surface area contributed by atoms with Gasteiger partial charge in [0.1, 0.15) is 18.2 Å². The van der Waals surface area contributed by atoms with E-state index in [-0.39, 0.29) is 15.6 Å². The summed E-state index contributed by atoms with van der Waals surface area (Å²) >= 11 is 0. The number of amides is 1. The van der Waals surface area contributed by atoms with Crippen LogP contribution in [0, 0.1) is 0 Å². The van der Waals surface area contributed by atoms with Gasteiger partial charge in [-0.3, -0.25) is 0 Å². The van der Waals surface area contributed by atoms with Crippen LogP contribution in [0.5, 0.6) is 0 Å². The highest BCUT2D eigenvalue weighted by Crippen LogP contribution is 2.40. The van der Waals surface area contributed by atoms with Gasteiger partial charge in [-0.1, -0.05) is 20.8 Å². The summed E-state index contributed by atoms with van der Waals surface area (Å²) in [4.78, 5) is 24.4. The fraction of sp³-hybridized carbons (Fsp3) is 0.882. The molecule has 0 aromatic rings. The summed E-state index contributed by atoms with van der Waals surface area (Å²) in [6, 6.07) is -0.838. The Hall–Kier alpha value is -0.923. The molecule has 0 saturated carbocycles. The number of rotatable bonds is 3. The molecule has 0 aliphatic carbocycles. The predicted molar refractivity (Wildman–Crippen MR) is 95.4 cm³/mol. The number of quaternary nitrogens is 1. The number of likely N-dealkylation sites (N-methyl/N-ethyl adjacent to an activating group) is 1. The number of carboxylic acids is 1. The molecule has 0 radical (unpaired) electrons. The average Bonchev–Trinajstić information content (AvgIpc) is 2.63. The predicted octanol–water partition coefficient (Wildman–Crippen LogP) is 3.62. The fourth-order valence-electron chi connectivity index (χ4n) is 2.70. The smallest absolute Gasteiger partial charge is 0.477 e. The minimum Gasteiger partial charge on any atom is -0.477 e. The van der Waals surface area contributed by atoms with Crippen LogP contribution in [0.3, 0.4) is 0 Å². The number of ether oxygens (including phenoxy) is 1. The van der Waals surface area contributed by atoms with Gasteiger partial charge in [0.2, 0.25) is 0 Å². The van der Waals surface area contributed by atoms with Crippen molar-refractivity contribution in [2.45, 2.75) is 83.8 Å². The van der Waals surface area contributed by atoms with E-state index in [1.165, 1.54) is 0 Å². The molecule has 1 aliphatic rings. The Bertz CT molecular complexity index is 506. The third-order valence-electron chi connectivity index (χ3n) is 5.12. The van der Waals surface area contributed by atoms with Gasteiger partial charge >= 0.3 is 12.1 Å². The third kappa shape index (κ3) is 4.58. The first-order valence-corrected chi connectivity index (χ1v) is 11.4. The van der Waals surface area contributed by atoms with Crippen LogP contribution >= 0.6 is 0 Å². The number of likely N-dealkylation sites (tertiary alicyclic amines) is 1. The van der Waals surface area contributed by atoms with Crippen molar-refractivity contribution in [1.29, 1.82) is 0 Å². The maximum atomic E-state index is 12.6. The van der Waals surface area contributed by atoms with E-state index in [1.54, 1.807) is 27.8 Å². The number of aliphatic carboxylic acids is 1. The van der Waals surface area contributed by atoms with Crippen LogP contribution < -0.4 is 0 Å². The molecule has 140 valence electrons. The molecule has 1 heterocycles. The van der Waals surface area contributed by atoms with Crippen molar-refractivity contribution in [2.24, 2.45) is 0 Å². The highest BCUT2D eigenvalue weighted by atomic mass is 28.4. The standard InChI is InChI=1S/C17H33NO5Si/c1-16(2,3)22-15(21)18(7)11-12(10-13(18)14(19)20)23-24(8,9)17(4,5)6/h12-13H,10-11H2,1-9H3/p+1/t12-,13+,18?/m1/s1. The van der Waals surface area contributed by atoms with E-state index >= 15 is 0 Å². The molecule has 1 fully saturated rings. The molecule has 1 N–H and O–H groups in total. The highest BCUT2D eigenvalue weighted by molar-refractivity contribution is 6.74. The van der Waals surface area contributed by atoms with Crippen molar-refractivity contribution in [3.8, 4) is 0 Å². The molecule has 7 heteroatoms. The van der Waals surface area contributed by atoms with Crippen molar-refractivity contribution < 1.29 is 28.3 Å². The second-order valence-electron chi connectivity index (χ2n) is 9.52. The van der Waals surface area contributed by atoms with Crippen molar-refractivity contribution in [1.82, 2.24) is 0 Å². The summed E-state index contributed by atoms with van der Waals surface area (Å²) in [7, 11) is -0.393. The van der Waals surface area contributed by atoms with Gasteiger partial charge in [-0.15, -0.1) is 0 Å². The van der Waals surface area contributed by atoms with Gasteiger partial charge in [0, 0.05) is 6.42 Å². The fourth-order valence-corrected chi connectivity index (χ4v) is 4.06. The van der Waals surface area contributed by atoms with Crippen LogP contribution in [0.25, 0.3) is 0 Å². The van der Waals surface area contributed by atoms with E-state index in [0.717, 1.165) is 0 Å². The van der Waals surface area contributed by atoms with Crippen molar-refractivity contribution in [2.75, 3.05) is 13.6 Å². The van der Waals surface area contributed by atoms with E-state index in [0.29, 0.717) is 13.0 Å². The van der Waals surface area contributed by atoms with Gasteiger partial charge in [-0.2, -0.15) is 4.79 Å². The Morgan fingerprint density at radius 3 is 2.00 bits per heavy atom. The molecule has 1 saturated heterocycles. The lowest BCUT2D eigenvalue weighted by Gasteiger charge is -2.38. The molecule has 0 bridgehead atoms. The van der Waals surface area contributed by atoms with Crippen LogP contribution in [0.15, 0.2) is 0 Å². The van der Waals surface area contributed by atoms with Gasteiger partial charge in [0.05, 0.1) is 7.05 Å². The van der Waals surface area contributed by atoms with Gasteiger partial charge in [0.15, 0.2) is 14.4 Å². The maximum Gasteiger partial charge on any atom is 0.517 e. The lowest BCUT2D eigenvalue weighted by atomic mass is 10.2. The van der Waals surface area contributed by atoms with Crippen LogP contribution in [0.4, 0.5) is 4.79 Å². The van der Waals surface area contributed by atoms with Crippen LogP contribution in [0.2, 0.25) is 18.1 Å². The zero-order valence-electron chi connectivity index (χ0n) is 16.6. The topological polar surface area (TPSA) is 72.8 Å². The van der Waals surface area contributed by atoms with E-state index in [1.807, 2.05) is 0 Å². The Morgan fingerprint density at radius 1 is 1.12 bits per heavy atom. The van der Waals surface area contributed by atoms with Gasteiger partial charge in [-0.25, -0.2) is 9.28 Å². The first kappa shape index (κ1) is 21.1. The number of carbonyl (C=O) groups excluding carboxylic acids is 1. The van der Waals surface area contributed by atoms with Crippen LogP contribution in [-0.2, 0) is 14.0 Å². The zero-order valence-corrected chi connectivity index (χ0v) is 17.6. The van der Waals surface area contributed by atoms with Crippen molar-refractivity contribution in [3.05, 3.63) is 0 Å². The Morgan fingerprint density at radius 2 is 1.62 bits per heavy atom.